The van der Waals surface area contributed by atoms with E-state index in [0.717, 1.165) is 182 Å². The Morgan fingerprint density at radius 3 is 1.02 bits per heavy atom. The van der Waals surface area contributed by atoms with Gasteiger partial charge in [0.05, 0.1) is 49.8 Å². The van der Waals surface area contributed by atoms with Gasteiger partial charge >= 0.3 is 0 Å². The Morgan fingerprint density at radius 1 is 0.174 bits per heavy atom. The zero-order valence-electron chi connectivity index (χ0n) is 70.1. The van der Waals surface area contributed by atoms with E-state index in [1.807, 2.05) is 194 Å². The second-order valence-electron chi connectivity index (χ2n) is 32.6. The molecular weight excluding hydrogens is 1630 g/mol. The van der Waals surface area contributed by atoms with Crippen molar-refractivity contribution in [2.45, 2.75) is 0 Å². The maximum Gasteiger partial charge on any atom is 0.238 e. The van der Waals surface area contributed by atoms with Crippen LogP contribution in [-0.2, 0) is 0 Å². The summed E-state index contributed by atoms with van der Waals surface area (Å²) in [6.07, 6.45) is 0. The van der Waals surface area contributed by atoms with Crippen LogP contribution in [0, 0.1) is 0 Å². The van der Waals surface area contributed by atoms with Crippen molar-refractivity contribution >= 4 is 98.7 Å². The molecule has 0 amide bonds. The molecular formula is C114H67N15O3. The highest BCUT2D eigenvalue weighted by molar-refractivity contribution is 6.20. The smallest absolute Gasteiger partial charge is 0.238 e. The molecule has 0 fully saturated rings. The first-order valence-electron chi connectivity index (χ1n) is 43.6. The minimum atomic E-state index is 0.444. The van der Waals surface area contributed by atoms with Gasteiger partial charge in [-0.2, -0.15) is 9.97 Å². The number of hydrogen-bond donors (Lipinski definition) is 0. The van der Waals surface area contributed by atoms with Gasteiger partial charge in [0.25, 0.3) is 0 Å². The summed E-state index contributed by atoms with van der Waals surface area (Å²) in [5.74, 6) is 6.21. The van der Waals surface area contributed by atoms with E-state index in [1.165, 1.54) is 0 Å². The predicted molar refractivity (Wildman–Crippen MR) is 523 cm³/mol. The maximum absolute atomic E-state index is 6.70. The zero-order chi connectivity index (χ0) is 86.9. The largest absolute Gasteiger partial charge is 0.436 e. The third-order valence-electron chi connectivity index (χ3n) is 24.7. The number of rotatable bonds is 16. The van der Waals surface area contributed by atoms with Crippen LogP contribution >= 0.6 is 0 Å². The molecule has 0 aliphatic heterocycles. The van der Waals surface area contributed by atoms with Crippen molar-refractivity contribution in [2.24, 2.45) is 0 Å². The number of nitrogens with zero attached hydrogens (tertiary/aromatic N) is 15. The summed E-state index contributed by atoms with van der Waals surface area (Å²) in [5.41, 5.74) is 25.0. The third-order valence-corrected chi connectivity index (χ3v) is 24.7. The molecule has 0 N–H and O–H groups in total. The van der Waals surface area contributed by atoms with E-state index in [-0.39, 0.29) is 0 Å². The summed E-state index contributed by atoms with van der Waals surface area (Å²) in [7, 11) is 0. The van der Waals surface area contributed by atoms with Gasteiger partial charge in [0, 0.05) is 88.2 Å². The van der Waals surface area contributed by atoms with Gasteiger partial charge in [0.15, 0.2) is 63.3 Å². The van der Waals surface area contributed by atoms with Crippen molar-refractivity contribution in [3.63, 3.8) is 0 Å². The van der Waals surface area contributed by atoms with Crippen LogP contribution < -0.4 is 0 Å². The van der Waals surface area contributed by atoms with E-state index in [0.29, 0.717) is 81.4 Å². The number of fused-ring (bicyclic) bond motifs is 12. The minimum Gasteiger partial charge on any atom is -0.436 e. The van der Waals surface area contributed by atoms with Crippen molar-refractivity contribution < 1.29 is 13.3 Å². The van der Waals surface area contributed by atoms with Crippen LogP contribution in [0.5, 0.6) is 0 Å². The molecule has 0 aliphatic rings. The zero-order valence-corrected chi connectivity index (χ0v) is 70.1. The van der Waals surface area contributed by atoms with Gasteiger partial charge < -0.3 is 22.4 Å². The number of para-hydroxylation sites is 10. The highest BCUT2D eigenvalue weighted by atomic mass is 16.4. The second-order valence-corrected chi connectivity index (χ2v) is 32.6. The molecule has 0 bridgehead atoms. The molecule has 18 heteroatoms. The fourth-order valence-corrected chi connectivity index (χ4v) is 18.6. The normalized spacial score (nSPS) is 11.8. The quantitative estimate of drug-likeness (QED) is 0.0881. The van der Waals surface area contributed by atoms with Gasteiger partial charge in [-0.15, -0.1) is 0 Å². The Kier molecular flexibility index (Phi) is 17.4. The summed E-state index contributed by atoms with van der Waals surface area (Å²) in [6, 6.07) is 138. The molecule has 0 unspecified atom stereocenters. The lowest BCUT2D eigenvalue weighted by Crippen LogP contribution is -2.07. The molecule has 0 aliphatic carbocycles. The lowest BCUT2D eigenvalue weighted by molar-refractivity contribution is 0.620. The van der Waals surface area contributed by atoms with Crippen LogP contribution in [-0.4, -0.2) is 73.5 Å². The molecule has 0 radical (unpaired) electrons. The van der Waals surface area contributed by atoms with Gasteiger partial charge in [-0.3, -0.25) is 4.57 Å². The van der Waals surface area contributed by atoms with Crippen molar-refractivity contribution in [3.05, 3.63) is 406 Å². The van der Waals surface area contributed by atoms with Crippen LogP contribution in [0.15, 0.2) is 420 Å². The molecule has 9 aromatic heterocycles. The van der Waals surface area contributed by atoms with Crippen molar-refractivity contribution in [1.29, 1.82) is 0 Å². The summed E-state index contributed by atoms with van der Waals surface area (Å²) in [4.78, 5) is 62.7. The van der Waals surface area contributed by atoms with E-state index in [4.69, 9.17) is 73.1 Å². The number of oxazole rings is 3. The highest BCUT2D eigenvalue weighted by Gasteiger charge is 2.29. The van der Waals surface area contributed by atoms with Crippen LogP contribution in [0.3, 0.4) is 0 Å². The fourth-order valence-electron chi connectivity index (χ4n) is 18.6. The van der Waals surface area contributed by atoms with Crippen molar-refractivity contribution in [2.75, 3.05) is 0 Å². The van der Waals surface area contributed by atoms with Crippen LogP contribution in [0.25, 0.3) is 264 Å². The molecule has 0 saturated carbocycles. The van der Waals surface area contributed by atoms with Crippen LogP contribution in [0.1, 0.15) is 0 Å². The fraction of sp³-hybridized carbons (Fsp3) is 0. The maximum atomic E-state index is 6.70. The lowest BCUT2D eigenvalue weighted by Gasteiger charge is -2.13. The highest BCUT2D eigenvalue weighted by Crippen LogP contribution is 2.47. The molecule has 616 valence electrons. The Balaban J connectivity index is 0.571. The average molecular weight is 1690 g/mol. The van der Waals surface area contributed by atoms with Crippen LogP contribution in [0.4, 0.5) is 0 Å². The SMILES string of the molecule is c1ccc(-c2nc(-c3ccc(-n4c5cccc(-c6ccc(-c7nc(-c8ccccc8)nc(-c8cccc(-n9c%10ccccc%10c%10cccc(-c%11nc%12ccccc%12o%11)c%109)c8)n7)cc6)c5c5cccc(-c6nc7ccccc7o6)c54)cc3)nc(-c3cccc(-c4ccc5c(c4)c4cccc(-c6nc7ccccc7o6)c4n5-c4nc(-c5ccccc5)nc(-c5ccccc5)n4)c3)n2)cc1. The summed E-state index contributed by atoms with van der Waals surface area (Å²) >= 11 is 0. The first-order valence-corrected chi connectivity index (χ1v) is 43.6. The molecule has 132 heavy (non-hydrogen) atoms. The number of hydrogen-bond acceptors (Lipinski definition) is 15. The summed E-state index contributed by atoms with van der Waals surface area (Å²) in [5, 5.41) is 6.17. The lowest BCUT2D eigenvalue weighted by atomic mass is 9.98. The average Bonchev–Trinajstić information content (AvgIpc) is 1.58. The van der Waals surface area contributed by atoms with Crippen molar-refractivity contribution in [3.8, 4) is 165 Å². The molecule has 26 aromatic rings. The van der Waals surface area contributed by atoms with Crippen LogP contribution in [0.2, 0.25) is 0 Å². The van der Waals surface area contributed by atoms with E-state index < -0.39 is 0 Å². The number of benzene rings is 17. The first kappa shape index (κ1) is 75.0. The summed E-state index contributed by atoms with van der Waals surface area (Å²) in [6.45, 7) is 0. The third kappa shape index (κ3) is 12.8. The van der Waals surface area contributed by atoms with E-state index >= 15 is 0 Å². The van der Waals surface area contributed by atoms with Gasteiger partial charge in [-0.05, 0) is 144 Å². The molecule has 0 atom stereocenters. The van der Waals surface area contributed by atoms with Gasteiger partial charge in [-0.25, -0.2) is 49.8 Å². The Morgan fingerprint density at radius 2 is 0.500 bits per heavy atom. The Bertz CT molecular complexity index is 8940. The minimum absolute atomic E-state index is 0.444. The molecule has 26 rings (SSSR count). The predicted octanol–water partition coefficient (Wildman–Crippen LogP) is 27.6. The monoisotopic (exact) mass is 1690 g/mol. The van der Waals surface area contributed by atoms with E-state index in [1.54, 1.807) is 0 Å². The van der Waals surface area contributed by atoms with Gasteiger partial charge in [0.2, 0.25) is 23.6 Å². The van der Waals surface area contributed by atoms with Gasteiger partial charge in [-0.1, -0.05) is 285 Å². The standard InChI is InChI=1S/C114H67N15O3/c1-5-27-69(28-6-1)103-119-106(122-109(120-103)77-36-21-35-75(65-77)76-61-64-94-89(67-76)84-42-24-45-87(112-116-91-48-15-19-53-97(91)131-112)101(84)129(94)114-125-107(71-31-9-3-10-32-71)124-108(126-114)72-33-11-4-12-34-72)74-59-62-79(63-60-74)127-95-51-26-40-81(99(95)85-43-25-46-88(102(85)127)113-117-92-49-16-20-54-98(92)132-113)68-55-57-73(58-56-68)105-118-104(70-29-7-2-8-30-70)121-110(123-105)78-37-22-38-80(66-78)128-93-50-17-13-39-82(93)83-41-23-44-86(100(83)128)111-115-90-47-14-18-52-96(90)130-111/h1-67H. The van der Waals surface area contributed by atoms with Crippen molar-refractivity contribution in [1.82, 2.24) is 73.5 Å². The molecule has 9 heterocycles. The summed E-state index contributed by atoms with van der Waals surface area (Å²) < 4.78 is 26.5. The second kappa shape index (κ2) is 30.7. The molecule has 17 aromatic carbocycles. The first-order chi connectivity index (χ1) is 65.4. The van der Waals surface area contributed by atoms with E-state index in [9.17, 15) is 0 Å². The van der Waals surface area contributed by atoms with Gasteiger partial charge in [0.1, 0.15) is 16.6 Å². The molecule has 0 saturated heterocycles. The Hall–Kier alpha value is -18.4. The topological polar surface area (TPSA) is 209 Å². The van der Waals surface area contributed by atoms with E-state index in [2.05, 4.69) is 226 Å². The number of aromatic nitrogens is 15. The Labute approximate surface area is 752 Å². The molecule has 0 spiro atoms. The molecule has 18 nitrogen and oxygen atoms in total.